The number of benzene rings is 6. The lowest BCUT2D eigenvalue weighted by Crippen LogP contribution is -1.85. The molecular formula is C36H20O2S3. The molecule has 3 heterocycles. The third-order valence-electron chi connectivity index (χ3n) is 7.60. The van der Waals surface area contributed by atoms with Crippen molar-refractivity contribution in [3.05, 3.63) is 121 Å². The molecule has 2 nitrogen and oxygen atoms in total. The first-order valence-corrected chi connectivity index (χ1v) is 15.9. The lowest BCUT2D eigenvalue weighted by molar-refractivity contribution is 0.489. The number of hydrogen-bond acceptors (Lipinski definition) is 5. The summed E-state index contributed by atoms with van der Waals surface area (Å²) in [6.45, 7) is 0. The molecule has 0 saturated heterocycles. The van der Waals surface area contributed by atoms with Gasteiger partial charge in [0.15, 0.2) is 0 Å². The standard InChI is InChI=1S/C36H20O2S3/c1-3-13-31-23(7-1)25-9-5-11-29(35(25)40-31)37-21-15-17-33-27(19-21)28-20-22(16-18-34(28)39-33)38-30-12-6-10-26-24-8-2-4-14-32(24)41-36(26)30/h1-20H. The number of fused-ring (bicyclic) bond motifs is 9. The van der Waals surface area contributed by atoms with E-state index in [9.17, 15) is 0 Å². The monoisotopic (exact) mass is 580 g/mol. The molecule has 0 aliphatic rings. The van der Waals surface area contributed by atoms with E-state index in [0.29, 0.717) is 0 Å². The maximum atomic E-state index is 6.54. The predicted molar refractivity (Wildman–Crippen MR) is 178 cm³/mol. The van der Waals surface area contributed by atoms with E-state index in [2.05, 4.69) is 121 Å². The van der Waals surface area contributed by atoms with Crippen molar-refractivity contribution >= 4 is 94.5 Å². The second kappa shape index (κ2) is 9.05. The number of ether oxygens (including phenoxy) is 2. The molecule has 0 N–H and O–H groups in total. The van der Waals surface area contributed by atoms with Crippen LogP contribution in [0.2, 0.25) is 0 Å². The van der Waals surface area contributed by atoms with Gasteiger partial charge in [-0.05, 0) is 60.7 Å². The maximum absolute atomic E-state index is 6.54. The molecule has 0 bridgehead atoms. The fourth-order valence-corrected chi connectivity index (χ4v) is 9.09. The van der Waals surface area contributed by atoms with Gasteiger partial charge in [-0.2, -0.15) is 0 Å². The molecule has 41 heavy (non-hydrogen) atoms. The Bertz CT molecular complexity index is 2270. The van der Waals surface area contributed by atoms with E-state index in [1.807, 2.05) is 0 Å². The van der Waals surface area contributed by atoms with Gasteiger partial charge >= 0.3 is 0 Å². The van der Waals surface area contributed by atoms with Crippen molar-refractivity contribution < 1.29 is 9.47 Å². The molecule has 9 rings (SSSR count). The number of thiophene rings is 3. The summed E-state index contributed by atoms with van der Waals surface area (Å²) in [6, 6.07) is 42.5. The first kappa shape index (κ1) is 23.3. The highest BCUT2D eigenvalue weighted by atomic mass is 32.1. The Hall–Kier alpha value is -4.42. The number of hydrogen-bond donors (Lipinski definition) is 0. The topological polar surface area (TPSA) is 18.5 Å². The molecule has 0 amide bonds. The normalized spacial score (nSPS) is 11.9. The zero-order valence-electron chi connectivity index (χ0n) is 21.6. The summed E-state index contributed by atoms with van der Waals surface area (Å²) in [7, 11) is 0. The second-order valence-electron chi connectivity index (χ2n) is 10.1. The summed E-state index contributed by atoms with van der Waals surface area (Å²) in [4.78, 5) is 0. The van der Waals surface area contributed by atoms with Crippen LogP contribution in [0.4, 0.5) is 0 Å². The second-order valence-corrected chi connectivity index (χ2v) is 13.3. The zero-order valence-corrected chi connectivity index (χ0v) is 24.0. The van der Waals surface area contributed by atoms with Crippen LogP contribution in [-0.4, -0.2) is 0 Å². The lowest BCUT2D eigenvalue weighted by atomic mass is 10.1. The van der Waals surface area contributed by atoms with E-state index >= 15 is 0 Å². The van der Waals surface area contributed by atoms with Gasteiger partial charge in [-0.15, -0.1) is 34.0 Å². The van der Waals surface area contributed by atoms with Crippen LogP contribution in [0.5, 0.6) is 23.0 Å². The molecule has 6 aromatic carbocycles. The van der Waals surface area contributed by atoms with E-state index in [0.717, 1.165) is 23.0 Å². The van der Waals surface area contributed by atoms with Gasteiger partial charge in [-0.1, -0.05) is 60.7 Å². The van der Waals surface area contributed by atoms with Crippen molar-refractivity contribution in [2.45, 2.75) is 0 Å². The average Bonchev–Trinajstić information content (AvgIpc) is 3.69. The van der Waals surface area contributed by atoms with Crippen molar-refractivity contribution in [2.75, 3.05) is 0 Å². The summed E-state index contributed by atoms with van der Waals surface area (Å²) < 4.78 is 20.4. The molecule has 3 aromatic heterocycles. The minimum Gasteiger partial charge on any atom is -0.456 e. The minimum atomic E-state index is 0.837. The lowest BCUT2D eigenvalue weighted by Gasteiger charge is -2.08. The van der Waals surface area contributed by atoms with Crippen LogP contribution >= 0.6 is 34.0 Å². The molecule has 9 aromatic rings. The quantitative estimate of drug-likeness (QED) is 0.206. The maximum Gasteiger partial charge on any atom is 0.145 e. The van der Waals surface area contributed by atoms with Crippen LogP contribution in [0.25, 0.3) is 60.5 Å². The largest absolute Gasteiger partial charge is 0.456 e. The third kappa shape index (κ3) is 3.74. The predicted octanol–water partition coefficient (Wildman–Crippen LogP) is 12.4. The highest BCUT2D eigenvalue weighted by Crippen LogP contribution is 2.44. The molecule has 0 aliphatic heterocycles. The Morgan fingerprint density at radius 2 is 0.780 bits per heavy atom. The van der Waals surface area contributed by atoms with Gasteiger partial charge < -0.3 is 9.47 Å². The van der Waals surface area contributed by atoms with Crippen molar-refractivity contribution in [3.8, 4) is 23.0 Å². The van der Waals surface area contributed by atoms with Crippen molar-refractivity contribution in [1.82, 2.24) is 0 Å². The molecule has 0 fully saturated rings. The molecule has 0 unspecified atom stereocenters. The van der Waals surface area contributed by atoms with Crippen LogP contribution in [0.3, 0.4) is 0 Å². The van der Waals surface area contributed by atoms with Gasteiger partial charge in [0, 0.05) is 51.1 Å². The molecule has 0 aliphatic carbocycles. The van der Waals surface area contributed by atoms with Gasteiger partial charge in [0.2, 0.25) is 0 Å². The van der Waals surface area contributed by atoms with Gasteiger partial charge in [0.1, 0.15) is 23.0 Å². The Labute approximate surface area is 247 Å². The van der Waals surface area contributed by atoms with Gasteiger partial charge in [0.05, 0.1) is 9.40 Å². The first-order valence-electron chi connectivity index (χ1n) is 13.4. The van der Waals surface area contributed by atoms with E-state index in [4.69, 9.17) is 9.47 Å². The van der Waals surface area contributed by atoms with E-state index in [-0.39, 0.29) is 0 Å². The molecule has 0 saturated carbocycles. The van der Waals surface area contributed by atoms with Crippen LogP contribution in [0, 0.1) is 0 Å². The molecular weight excluding hydrogens is 561 g/mol. The molecule has 0 atom stereocenters. The van der Waals surface area contributed by atoms with Crippen LogP contribution < -0.4 is 9.47 Å². The summed E-state index contributed by atoms with van der Waals surface area (Å²) in [5, 5.41) is 7.38. The fourth-order valence-electron chi connectivity index (χ4n) is 5.72. The van der Waals surface area contributed by atoms with Crippen molar-refractivity contribution in [3.63, 3.8) is 0 Å². The third-order valence-corrected chi connectivity index (χ3v) is 11.2. The van der Waals surface area contributed by atoms with Crippen LogP contribution in [-0.2, 0) is 0 Å². The highest BCUT2D eigenvalue weighted by molar-refractivity contribution is 7.26. The Morgan fingerprint density at radius 1 is 0.341 bits per heavy atom. The van der Waals surface area contributed by atoms with Gasteiger partial charge in [-0.3, -0.25) is 0 Å². The fraction of sp³-hybridized carbons (Fsp3) is 0. The highest BCUT2D eigenvalue weighted by Gasteiger charge is 2.14. The summed E-state index contributed by atoms with van der Waals surface area (Å²) in [5.74, 6) is 3.46. The van der Waals surface area contributed by atoms with E-state index < -0.39 is 0 Å². The molecule has 5 heteroatoms. The summed E-state index contributed by atoms with van der Waals surface area (Å²) in [5.41, 5.74) is 0. The average molecular weight is 581 g/mol. The van der Waals surface area contributed by atoms with E-state index in [1.54, 1.807) is 34.0 Å². The van der Waals surface area contributed by atoms with Crippen molar-refractivity contribution in [1.29, 1.82) is 0 Å². The molecule has 0 radical (unpaired) electrons. The van der Waals surface area contributed by atoms with Gasteiger partial charge in [-0.25, -0.2) is 0 Å². The minimum absolute atomic E-state index is 0.837. The van der Waals surface area contributed by atoms with Crippen LogP contribution in [0.15, 0.2) is 121 Å². The van der Waals surface area contributed by atoms with Gasteiger partial charge in [0.25, 0.3) is 0 Å². The smallest absolute Gasteiger partial charge is 0.145 e. The Kier molecular flexibility index (Phi) is 5.14. The Balaban J connectivity index is 1.11. The first-order chi connectivity index (χ1) is 20.3. The summed E-state index contributed by atoms with van der Waals surface area (Å²) in [6.07, 6.45) is 0. The summed E-state index contributed by atoms with van der Waals surface area (Å²) >= 11 is 5.36. The number of rotatable bonds is 4. The van der Waals surface area contributed by atoms with Crippen molar-refractivity contribution in [2.24, 2.45) is 0 Å². The molecule has 194 valence electrons. The Morgan fingerprint density at radius 3 is 1.29 bits per heavy atom. The molecule has 0 spiro atoms. The van der Waals surface area contributed by atoms with E-state index in [1.165, 1.54) is 60.5 Å². The SMILES string of the molecule is c1ccc2c(c1)sc1c(Oc3ccc4sc5ccc(Oc6cccc7c6sc6ccccc67)cc5c4c3)cccc12. The van der Waals surface area contributed by atoms with Crippen LogP contribution in [0.1, 0.15) is 0 Å². The zero-order chi connectivity index (χ0) is 26.9.